The van der Waals surface area contributed by atoms with E-state index in [0.29, 0.717) is 22.1 Å². The van der Waals surface area contributed by atoms with Crippen LogP contribution in [0.1, 0.15) is 12.8 Å². The number of aryl methyl sites for hydroxylation is 1. The predicted octanol–water partition coefficient (Wildman–Crippen LogP) is 4.18. The summed E-state index contributed by atoms with van der Waals surface area (Å²) < 4.78 is 7.30. The van der Waals surface area contributed by atoms with Crippen molar-refractivity contribution in [2.45, 2.75) is 19.4 Å². The average molecular weight is 433 g/mol. The largest absolute Gasteiger partial charge is 0.419 e. The first-order valence-corrected chi connectivity index (χ1v) is 9.74. The lowest BCUT2D eigenvalue weighted by Crippen LogP contribution is -2.17. The second-order valence-electron chi connectivity index (χ2n) is 6.21. The maximum Gasteiger partial charge on any atom is 0.419 e. The van der Waals surface area contributed by atoms with E-state index in [-0.39, 0.29) is 30.1 Å². The van der Waals surface area contributed by atoms with Crippen LogP contribution in [0, 0.1) is 10.1 Å². The maximum absolute atomic E-state index is 12.2. The molecular weight excluding hydrogens is 420 g/mol. The SMILES string of the molecule is O=C(CCCn1c(=O)oc2cc([N+](=O)[O-])ccc21)Nc1nc2ccc(Cl)cc2s1. The summed E-state index contributed by atoms with van der Waals surface area (Å²) in [4.78, 5) is 38.8. The quantitative estimate of drug-likeness (QED) is 0.360. The molecule has 0 aliphatic carbocycles. The maximum atomic E-state index is 12.2. The molecule has 4 aromatic rings. The lowest BCUT2D eigenvalue weighted by Gasteiger charge is -2.03. The molecule has 2 heterocycles. The summed E-state index contributed by atoms with van der Waals surface area (Å²) in [6.45, 7) is 0.243. The van der Waals surface area contributed by atoms with Gasteiger partial charge in [0.2, 0.25) is 5.91 Å². The van der Waals surface area contributed by atoms with E-state index in [1.165, 1.54) is 34.1 Å². The van der Waals surface area contributed by atoms with Crippen molar-refractivity contribution in [1.82, 2.24) is 9.55 Å². The number of non-ortho nitro benzene ring substituents is 1. The number of benzene rings is 2. The second-order valence-corrected chi connectivity index (χ2v) is 7.68. The van der Waals surface area contributed by atoms with Crippen LogP contribution in [0.25, 0.3) is 21.3 Å². The van der Waals surface area contributed by atoms with Crippen LogP contribution >= 0.6 is 22.9 Å². The van der Waals surface area contributed by atoms with Crippen LogP contribution in [-0.2, 0) is 11.3 Å². The minimum absolute atomic E-state index is 0.141. The van der Waals surface area contributed by atoms with Gasteiger partial charge in [-0.1, -0.05) is 22.9 Å². The van der Waals surface area contributed by atoms with Crippen LogP contribution in [0.15, 0.2) is 45.6 Å². The molecule has 0 aliphatic heterocycles. The van der Waals surface area contributed by atoms with Gasteiger partial charge < -0.3 is 9.73 Å². The van der Waals surface area contributed by atoms with Crippen molar-refractivity contribution in [3.05, 3.63) is 62.1 Å². The average Bonchev–Trinajstić information content (AvgIpc) is 3.20. The minimum atomic E-state index is -0.621. The Morgan fingerprint density at radius 3 is 2.93 bits per heavy atom. The van der Waals surface area contributed by atoms with Gasteiger partial charge in [0.15, 0.2) is 10.7 Å². The van der Waals surface area contributed by atoms with Gasteiger partial charge in [-0.2, -0.15) is 0 Å². The van der Waals surface area contributed by atoms with Gasteiger partial charge in [-0.15, -0.1) is 0 Å². The van der Waals surface area contributed by atoms with E-state index in [1.54, 1.807) is 18.2 Å². The third-order valence-corrected chi connectivity index (χ3v) is 5.41. The lowest BCUT2D eigenvalue weighted by atomic mass is 10.2. The number of halogens is 1. The number of carbonyl (C=O) groups excluding carboxylic acids is 1. The monoisotopic (exact) mass is 432 g/mol. The highest BCUT2D eigenvalue weighted by atomic mass is 35.5. The number of aromatic nitrogens is 2. The van der Waals surface area contributed by atoms with Crippen molar-refractivity contribution in [1.29, 1.82) is 0 Å². The molecule has 0 unspecified atom stereocenters. The predicted molar refractivity (Wildman–Crippen MR) is 110 cm³/mol. The van der Waals surface area contributed by atoms with Crippen molar-refractivity contribution in [2.24, 2.45) is 0 Å². The Bertz CT molecular complexity index is 1310. The summed E-state index contributed by atoms with van der Waals surface area (Å²) >= 11 is 7.28. The van der Waals surface area contributed by atoms with Gasteiger partial charge in [-0.25, -0.2) is 9.78 Å². The van der Waals surface area contributed by atoms with E-state index in [1.807, 2.05) is 0 Å². The summed E-state index contributed by atoms with van der Waals surface area (Å²) in [7, 11) is 0. The number of carbonyl (C=O) groups is 1. The fourth-order valence-corrected chi connectivity index (χ4v) is 4.07. The molecule has 1 N–H and O–H groups in total. The van der Waals surface area contributed by atoms with Crippen molar-refractivity contribution < 1.29 is 14.1 Å². The van der Waals surface area contributed by atoms with E-state index in [4.69, 9.17) is 16.0 Å². The Morgan fingerprint density at radius 2 is 2.14 bits per heavy atom. The third-order valence-electron chi connectivity index (χ3n) is 4.25. The van der Waals surface area contributed by atoms with Gasteiger partial charge in [0.05, 0.1) is 26.7 Å². The van der Waals surface area contributed by atoms with E-state index >= 15 is 0 Å². The Hall–Kier alpha value is -3.24. The van der Waals surface area contributed by atoms with Gasteiger partial charge in [0.1, 0.15) is 0 Å². The molecule has 0 atom stereocenters. The molecule has 0 saturated heterocycles. The molecule has 4 rings (SSSR count). The van der Waals surface area contributed by atoms with E-state index in [9.17, 15) is 19.7 Å². The normalized spacial score (nSPS) is 11.2. The van der Waals surface area contributed by atoms with Gasteiger partial charge in [-0.05, 0) is 30.7 Å². The standard InChI is InChI=1S/C18H13ClN4O5S/c19-10-3-5-12-15(8-10)29-17(20-12)21-16(24)2-1-7-22-13-6-4-11(23(26)27)9-14(13)28-18(22)25/h3-6,8-9H,1-2,7H2,(H,20,21,24). The zero-order valence-electron chi connectivity index (χ0n) is 14.8. The van der Waals surface area contributed by atoms with Crippen LogP contribution in [-0.4, -0.2) is 20.4 Å². The first kappa shape index (κ1) is 19.1. The highest BCUT2D eigenvalue weighted by Crippen LogP contribution is 2.28. The molecular formula is C18H13ClN4O5S. The smallest absolute Gasteiger partial charge is 0.407 e. The number of hydrogen-bond donors (Lipinski definition) is 1. The molecule has 29 heavy (non-hydrogen) atoms. The van der Waals surface area contributed by atoms with Crippen LogP contribution < -0.4 is 11.1 Å². The number of nitrogens with zero attached hydrogens (tertiary/aromatic N) is 3. The van der Waals surface area contributed by atoms with Crippen LogP contribution in [0.3, 0.4) is 0 Å². The van der Waals surface area contributed by atoms with Crippen LogP contribution in [0.5, 0.6) is 0 Å². The summed E-state index contributed by atoms with van der Waals surface area (Å²) in [6.07, 6.45) is 0.552. The van der Waals surface area contributed by atoms with Crippen molar-refractivity contribution >= 4 is 61.0 Å². The fourth-order valence-electron chi connectivity index (χ4n) is 2.91. The summed E-state index contributed by atoms with van der Waals surface area (Å²) in [5, 5.41) is 14.6. The summed E-state index contributed by atoms with van der Waals surface area (Å²) in [6, 6.07) is 9.27. The number of nitro groups is 1. The highest BCUT2D eigenvalue weighted by Gasteiger charge is 2.14. The van der Waals surface area contributed by atoms with Crippen molar-refractivity contribution in [2.75, 3.05) is 5.32 Å². The first-order chi connectivity index (χ1) is 13.9. The molecule has 1 amide bonds. The number of anilines is 1. The molecule has 0 aliphatic rings. The topological polar surface area (TPSA) is 120 Å². The molecule has 0 bridgehead atoms. The van der Waals surface area contributed by atoms with E-state index < -0.39 is 10.7 Å². The Morgan fingerprint density at radius 1 is 1.31 bits per heavy atom. The molecule has 0 radical (unpaired) electrons. The van der Waals surface area contributed by atoms with E-state index in [2.05, 4.69) is 10.3 Å². The zero-order valence-corrected chi connectivity index (χ0v) is 16.3. The number of amides is 1. The van der Waals surface area contributed by atoms with Gasteiger partial charge in [0, 0.05) is 24.1 Å². The second kappa shape index (κ2) is 7.64. The third kappa shape index (κ3) is 3.98. The molecule has 2 aromatic heterocycles. The van der Waals surface area contributed by atoms with Crippen LogP contribution in [0.2, 0.25) is 5.02 Å². The zero-order chi connectivity index (χ0) is 20.5. The van der Waals surface area contributed by atoms with Gasteiger partial charge in [-0.3, -0.25) is 19.5 Å². The van der Waals surface area contributed by atoms with Crippen molar-refractivity contribution in [3.8, 4) is 0 Å². The van der Waals surface area contributed by atoms with Gasteiger partial charge >= 0.3 is 5.76 Å². The number of nitro benzene ring substituents is 1. The highest BCUT2D eigenvalue weighted by molar-refractivity contribution is 7.22. The minimum Gasteiger partial charge on any atom is -0.407 e. The summed E-state index contributed by atoms with van der Waals surface area (Å²) in [5.74, 6) is -0.851. The molecule has 0 fully saturated rings. The van der Waals surface area contributed by atoms with Gasteiger partial charge in [0.25, 0.3) is 5.69 Å². The number of thiazole rings is 1. The molecule has 9 nitrogen and oxygen atoms in total. The number of nitrogens with one attached hydrogen (secondary N) is 1. The van der Waals surface area contributed by atoms with Crippen molar-refractivity contribution in [3.63, 3.8) is 0 Å². The fraction of sp³-hybridized carbons (Fsp3) is 0.167. The Kier molecular flexibility index (Phi) is 5.03. The Labute approximate surface area is 171 Å². The van der Waals surface area contributed by atoms with Crippen LogP contribution in [0.4, 0.5) is 10.8 Å². The number of rotatable bonds is 6. The molecule has 11 heteroatoms. The number of hydrogen-bond acceptors (Lipinski definition) is 7. The molecule has 0 saturated carbocycles. The molecule has 0 spiro atoms. The summed E-state index contributed by atoms with van der Waals surface area (Å²) in [5.41, 5.74) is 1.18. The number of oxazole rings is 1. The number of fused-ring (bicyclic) bond motifs is 2. The Balaban J connectivity index is 1.40. The molecule has 148 valence electrons. The van der Waals surface area contributed by atoms with E-state index in [0.717, 1.165) is 10.2 Å². The first-order valence-electron chi connectivity index (χ1n) is 8.54. The lowest BCUT2D eigenvalue weighted by molar-refractivity contribution is -0.384. The molecule has 2 aromatic carbocycles.